The van der Waals surface area contributed by atoms with Crippen LogP contribution in [0.5, 0.6) is 5.75 Å². The molecule has 2 aromatic rings. The van der Waals surface area contributed by atoms with Gasteiger partial charge in [-0.05, 0) is 17.7 Å². The van der Waals surface area contributed by atoms with E-state index in [2.05, 4.69) is 63.3 Å². The van der Waals surface area contributed by atoms with Gasteiger partial charge >= 0.3 is 0 Å². The Morgan fingerprint density at radius 3 is 2.52 bits per heavy atom. The molecule has 0 aliphatic rings. The summed E-state index contributed by atoms with van der Waals surface area (Å²) in [5, 5.41) is 14.8. The van der Waals surface area contributed by atoms with Crippen LogP contribution in [0.2, 0.25) is 0 Å². The normalized spacial score (nSPS) is 11.7. The highest BCUT2D eigenvalue weighted by Gasteiger charge is 2.21. The summed E-state index contributed by atoms with van der Waals surface area (Å²) in [6, 6.07) is 8.20. The second-order valence-electron chi connectivity index (χ2n) is 6.76. The number of rotatable bonds is 8. The minimum Gasteiger partial charge on any atom is -0.497 e. The number of hydrogen-bond acceptors (Lipinski definition) is 4. The van der Waals surface area contributed by atoms with Gasteiger partial charge < -0.3 is 19.9 Å². The minimum absolute atomic E-state index is 0. The Labute approximate surface area is 179 Å². The van der Waals surface area contributed by atoms with E-state index < -0.39 is 0 Å². The van der Waals surface area contributed by atoms with Crippen molar-refractivity contribution >= 4 is 29.9 Å². The van der Waals surface area contributed by atoms with Crippen LogP contribution in [-0.4, -0.2) is 48.0 Å². The Morgan fingerprint density at radius 1 is 1.22 bits per heavy atom. The number of guanidine groups is 1. The molecule has 0 fully saturated rings. The van der Waals surface area contributed by atoms with E-state index in [1.165, 1.54) is 5.56 Å². The molecule has 150 valence electrons. The van der Waals surface area contributed by atoms with Crippen LogP contribution in [0.4, 0.5) is 0 Å². The van der Waals surface area contributed by atoms with Crippen LogP contribution in [0.3, 0.4) is 0 Å². The molecule has 0 atom stereocenters. The lowest BCUT2D eigenvalue weighted by Crippen LogP contribution is -2.44. The molecule has 0 saturated heterocycles. The number of nitrogens with zero attached hydrogens (tertiary/aromatic N) is 4. The molecule has 0 aliphatic heterocycles. The molecule has 1 aromatic carbocycles. The second kappa shape index (κ2) is 11.1. The maximum Gasteiger partial charge on any atom is 0.191 e. The fourth-order valence-electron chi connectivity index (χ4n) is 2.70. The first-order valence-electron chi connectivity index (χ1n) is 8.96. The average molecular weight is 486 g/mol. The molecule has 0 bridgehead atoms. The molecule has 0 spiro atoms. The molecule has 2 N–H and O–H groups in total. The lowest BCUT2D eigenvalue weighted by Gasteiger charge is -2.27. The average Bonchev–Trinajstić information content (AvgIpc) is 3.12. The second-order valence-corrected chi connectivity index (χ2v) is 6.76. The monoisotopic (exact) mass is 486 g/mol. The fourth-order valence-corrected chi connectivity index (χ4v) is 2.70. The largest absolute Gasteiger partial charge is 0.497 e. The molecule has 7 nitrogen and oxygen atoms in total. The summed E-state index contributed by atoms with van der Waals surface area (Å²) in [6.07, 6.45) is 2.65. The maximum absolute atomic E-state index is 5.23. The zero-order chi connectivity index (χ0) is 19.0. The highest BCUT2D eigenvalue weighted by Crippen LogP contribution is 2.24. The predicted octanol–water partition coefficient (Wildman–Crippen LogP) is 2.61. The third-order valence-corrected chi connectivity index (χ3v) is 4.45. The van der Waals surface area contributed by atoms with Crippen molar-refractivity contribution < 1.29 is 4.74 Å². The molecule has 0 unspecified atom stereocenters. The Kier molecular flexibility index (Phi) is 9.54. The number of benzene rings is 1. The highest BCUT2D eigenvalue weighted by atomic mass is 127. The van der Waals surface area contributed by atoms with Gasteiger partial charge in [0.25, 0.3) is 0 Å². The van der Waals surface area contributed by atoms with Gasteiger partial charge in [-0.1, -0.05) is 32.9 Å². The van der Waals surface area contributed by atoms with E-state index in [0.29, 0.717) is 0 Å². The van der Waals surface area contributed by atoms with Gasteiger partial charge in [0, 0.05) is 38.5 Å². The van der Waals surface area contributed by atoms with E-state index in [9.17, 15) is 0 Å². The topological polar surface area (TPSA) is 76.4 Å². The number of methoxy groups -OCH3 is 1. The molecule has 2 rings (SSSR count). The van der Waals surface area contributed by atoms with Crippen molar-refractivity contribution in [3.05, 3.63) is 42.0 Å². The quantitative estimate of drug-likeness (QED) is 0.341. The molecule has 8 heteroatoms. The van der Waals surface area contributed by atoms with Gasteiger partial charge in [0.05, 0.1) is 7.11 Å². The first-order chi connectivity index (χ1) is 12.5. The van der Waals surface area contributed by atoms with Gasteiger partial charge in [-0.15, -0.1) is 34.2 Å². The van der Waals surface area contributed by atoms with Crippen LogP contribution in [0.1, 0.15) is 32.2 Å². The van der Waals surface area contributed by atoms with E-state index in [1.54, 1.807) is 20.5 Å². The van der Waals surface area contributed by atoms with Gasteiger partial charge in [0.15, 0.2) is 5.96 Å². The first kappa shape index (κ1) is 23.2. The van der Waals surface area contributed by atoms with Crippen LogP contribution in [0.15, 0.2) is 35.6 Å². The van der Waals surface area contributed by atoms with Crippen molar-refractivity contribution in [2.75, 3.05) is 27.2 Å². The van der Waals surface area contributed by atoms with Crippen LogP contribution >= 0.6 is 24.0 Å². The zero-order valence-electron chi connectivity index (χ0n) is 16.8. The van der Waals surface area contributed by atoms with Crippen molar-refractivity contribution in [2.45, 2.75) is 39.2 Å². The molecule has 0 radical (unpaired) electrons. The van der Waals surface area contributed by atoms with Crippen LogP contribution in [0.25, 0.3) is 0 Å². The zero-order valence-corrected chi connectivity index (χ0v) is 19.2. The smallest absolute Gasteiger partial charge is 0.191 e. The summed E-state index contributed by atoms with van der Waals surface area (Å²) < 4.78 is 7.29. The molecular formula is C19H31IN6O. The number of aryl methyl sites for hydroxylation is 1. The van der Waals surface area contributed by atoms with E-state index >= 15 is 0 Å². The molecule has 1 heterocycles. The summed E-state index contributed by atoms with van der Waals surface area (Å²) in [5.74, 6) is 2.66. The SMILES string of the molecule is CCc1nncn1CCNC(=NC)NCC(C)(C)c1ccc(OC)cc1.I. The molecule has 0 saturated carbocycles. The third kappa shape index (κ3) is 6.67. The van der Waals surface area contributed by atoms with Gasteiger partial charge in [0.2, 0.25) is 0 Å². The number of aromatic nitrogens is 3. The van der Waals surface area contributed by atoms with E-state index in [4.69, 9.17) is 4.74 Å². The van der Waals surface area contributed by atoms with E-state index in [-0.39, 0.29) is 29.4 Å². The summed E-state index contributed by atoms with van der Waals surface area (Å²) in [6.45, 7) is 8.83. The molecule has 0 amide bonds. The lowest BCUT2D eigenvalue weighted by atomic mass is 9.84. The van der Waals surface area contributed by atoms with Crippen molar-refractivity contribution in [1.29, 1.82) is 0 Å². The Balaban J connectivity index is 0.00000364. The summed E-state index contributed by atoms with van der Waals surface area (Å²) in [4.78, 5) is 4.31. The molecule has 27 heavy (non-hydrogen) atoms. The van der Waals surface area contributed by atoms with Crippen molar-refractivity contribution in [3.8, 4) is 5.75 Å². The van der Waals surface area contributed by atoms with Gasteiger partial charge in [-0.3, -0.25) is 4.99 Å². The molecule has 1 aromatic heterocycles. The Bertz CT molecular complexity index is 711. The number of nitrogens with one attached hydrogen (secondary N) is 2. The molecule has 0 aliphatic carbocycles. The minimum atomic E-state index is -0.0342. The van der Waals surface area contributed by atoms with Crippen LogP contribution < -0.4 is 15.4 Å². The Morgan fingerprint density at radius 2 is 1.93 bits per heavy atom. The number of halogens is 1. The number of hydrogen-bond donors (Lipinski definition) is 2. The lowest BCUT2D eigenvalue weighted by molar-refractivity contribution is 0.414. The predicted molar refractivity (Wildman–Crippen MR) is 120 cm³/mol. The number of aliphatic imine (C=N–C) groups is 1. The van der Waals surface area contributed by atoms with E-state index in [1.807, 2.05) is 12.1 Å². The number of ether oxygens (including phenoxy) is 1. The maximum atomic E-state index is 5.23. The molecular weight excluding hydrogens is 455 g/mol. The third-order valence-electron chi connectivity index (χ3n) is 4.45. The summed E-state index contributed by atoms with van der Waals surface area (Å²) >= 11 is 0. The van der Waals surface area contributed by atoms with Crippen molar-refractivity contribution in [2.24, 2.45) is 4.99 Å². The van der Waals surface area contributed by atoms with Crippen LogP contribution in [0, 0.1) is 0 Å². The Hall–Kier alpha value is -1.84. The highest BCUT2D eigenvalue weighted by molar-refractivity contribution is 14.0. The van der Waals surface area contributed by atoms with Gasteiger partial charge in [-0.25, -0.2) is 0 Å². The fraction of sp³-hybridized carbons (Fsp3) is 0.526. The van der Waals surface area contributed by atoms with Crippen molar-refractivity contribution in [3.63, 3.8) is 0 Å². The van der Waals surface area contributed by atoms with Gasteiger partial charge in [-0.2, -0.15) is 0 Å². The summed E-state index contributed by atoms with van der Waals surface area (Å²) in [7, 11) is 3.46. The van der Waals surface area contributed by atoms with E-state index in [0.717, 1.165) is 43.6 Å². The summed E-state index contributed by atoms with van der Waals surface area (Å²) in [5.41, 5.74) is 1.21. The first-order valence-corrected chi connectivity index (χ1v) is 8.96. The van der Waals surface area contributed by atoms with Crippen molar-refractivity contribution in [1.82, 2.24) is 25.4 Å². The standard InChI is InChI=1S/C19H30N6O.HI/c1-6-17-24-23-14-25(17)12-11-21-18(20-4)22-13-19(2,3)15-7-9-16(26-5)10-8-15;/h7-10,14H,6,11-13H2,1-5H3,(H2,20,21,22);1H. The van der Waals surface area contributed by atoms with Crippen LogP contribution in [-0.2, 0) is 18.4 Å². The van der Waals surface area contributed by atoms with Gasteiger partial charge in [0.1, 0.15) is 17.9 Å².